The lowest BCUT2D eigenvalue weighted by Crippen LogP contribution is -1.92. The van der Waals surface area contributed by atoms with Crippen molar-refractivity contribution in [2.24, 2.45) is 0 Å². The molecular weight excluding hydrogens is 456 g/mol. The van der Waals surface area contributed by atoms with Gasteiger partial charge in [0.1, 0.15) is 4.21 Å². The van der Waals surface area contributed by atoms with Crippen molar-refractivity contribution < 1.29 is 13.0 Å². The molecular formula is C24H16N4O3S2. The first kappa shape index (κ1) is 19.9. The van der Waals surface area contributed by atoms with Crippen LogP contribution in [0.4, 0.5) is 0 Å². The molecule has 33 heavy (non-hydrogen) atoms. The summed E-state index contributed by atoms with van der Waals surface area (Å²) in [4.78, 5) is 16.8. The Morgan fingerprint density at radius 2 is 1.33 bits per heavy atom. The molecule has 162 valence electrons. The quantitative estimate of drug-likeness (QED) is 0.283. The zero-order valence-corrected chi connectivity index (χ0v) is 18.6. The number of fused-ring (bicyclic) bond motifs is 8. The minimum Gasteiger partial charge on any atom is -0.355 e. The van der Waals surface area contributed by atoms with Crippen LogP contribution in [0.5, 0.6) is 0 Å². The Morgan fingerprint density at radius 1 is 0.697 bits per heavy atom. The van der Waals surface area contributed by atoms with E-state index < -0.39 is 10.1 Å². The number of thiophene rings is 1. The maximum atomic E-state index is 11.6. The summed E-state index contributed by atoms with van der Waals surface area (Å²) in [6.45, 7) is 0. The standard InChI is InChI=1S/C24H16N4O3S2/c29-33(30,31)24-8-7-23(32-24)21-12-20-11-18-4-3-16(26-18)9-14-1-2-15(25-14)10-17-5-6-19(27-17)13-22(21)28-20/h1-13,26,28H,(H,29,30,31). The molecule has 0 aliphatic carbocycles. The lowest BCUT2D eigenvalue weighted by atomic mass is 10.2. The second-order valence-corrected chi connectivity index (χ2v) is 10.4. The number of H-pyrrole nitrogens is 2. The third-order valence-corrected chi connectivity index (χ3v) is 7.71. The highest BCUT2D eigenvalue weighted by Gasteiger charge is 2.15. The molecule has 2 aliphatic rings. The van der Waals surface area contributed by atoms with Gasteiger partial charge in [-0.05, 0) is 78.9 Å². The first-order valence-electron chi connectivity index (χ1n) is 10.1. The molecule has 4 aromatic rings. The van der Waals surface area contributed by atoms with Crippen LogP contribution in [0.3, 0.4) is 0 Å². The van der Waals surface area contributed by atoms with E-state index in [1.54, 1.807) is 6.07 Å². The van der Waals surface area contributed by atoms with Crippen molar-refractivity contribution in [1.82, 2.24) is 19.9 Å². The Hall–Kier alpha value is -3.79. The van der Waals surface area contributed by atoms with Gasteiger partial charge >= 0.3 is 10.1 Å². The zero-order valence-electron chi connectivity index (χ0n) is 17.0. The van der Waals surface area contributed by atoms with Crippen LogP contribution >= 0.6 is 11.3 Å². The van der Waals surface area contributed by atoms with Gasteiger partial charge in [0.15, 0.2) is 0 Å². The molecule has 0 spiro atoms. The van der Waals surface area contributed by atoms with Gasteiger partial charge in [-0.2, -0.15) is 8.42 Å². The minimum absolute atomic E-state index is 0.0946. The van der Waals surface area contributed by atoms with Gasteiger partial charge in [0.25, 0.3) is 0 Å². The van der Waals surface area contributed by atoms with Gasteiger partial charge in [-0.25, -0.2) is 9.97 Å². The Morgan fingerprint density at radius 3 is 2.00 bits per heavy atom. The first-order chi connectivity index (χ1) is 15.9. The maximum Gasteiger partial charge on any atom is 0.304 e. The van der Waals surface area contributed by atoms with E-state index in [0.717, 1.165) is 66.6 Å². The SMILES string of the molecule is O=S(=O)(O)c1ccc(-c2cc3cc4ccc(cc5nc(cc6nc(cc2[nH]3)C=C6)C=C5)[nH]4)s1. The molecule has 0 fully saturated rings. The minimum atomic E-state index is -4.26. The molecule has 3 N–H and O–H groups in total. The average Bonchev–Trinajstić information content (AvgIpc) is 3.55. The summed E-state index contributed by atoms with van der Waals surface area (Å²) in [7, 11) is -4.26. The number of hydrogen-bond acceptors (Lipinski definition) is 5. The van der Waals surface area contributed by atoms with Gasteiger partial charge in [0.2, 0.25) is 0 Å². The van der Waals surface area contributed by atoms with Gasteiger partial charge < -0.3 is 9.97 Å². The van der Waals surface area contributed by atoms with Crippen molar-refractivity contribution in [2.75, 3.05) is 0 Å². The molecule has 9 heteroatoms. The normalized spacial score (nSPS) is 13.0. The molecule has 0 amide bonds. The van der Waals surface area contributed by atoms with E-state index in [1.807, 2.05) is 66.8 Å². The molecule has 0 saturated heterocycles. The molecule has 7 nitrogen and oxygen atoms in total. The van der Waals surface area contributed by atoms with Crippen LogP contribution in [-0.2, 0) is 10.1 Å². The van der Waals surface area contributed by atoms with Crippen LogP contribution in [-0.4, -0.2) is 32.9 Å². The van der Waals surface area contributed by atoms with E-state index in [1.165, 1.54) is 6.07 Å². The van der Waals surface area contributed by atoms with E-state index >= 15 is 0 Å². The lowest BCUT2D eigenvalue weighted by molar-refractivity contribution is 0.485. The van der Waals surface area contributed by atoms with Crippen LogP contribution in [0.25, 0.3) is 56.8 Å². The highest BCUT2D eigenvalue weighted by Crippen LogP contribution is 2.34. The molecule has 0 aromatic carbocycles. The van der Waals surface area contributed by atoms with Crippen molar-refractivity contribution in [1.29, 1.82) is 0 Å². The number of aromatic amines is 2. The largest absolute Gasteiger partial charge is 0.355 e. The summed E-state index contributed by atoms with van der Waals surface area (Å²) < 4.78 is 32.4. The van der Waals surface area contributed by atoms with Gasteiger partial charge in [-0.15, -0.1) is 11.3 Å². The molecule has 0 unspecified atom stereocenters. The summed E-state index contributed by atoms with van der Waals surface area (Å²) in [6.07, 6.45) is 7.77. The molecule has 4 aromatic heterocycles. The van der Waals surface area contributed by atoms with E-state index in [4.69, 9.17) is 0 Å². The fraction of sp³-hybridized carbons (Fsp3) is 0. The fourth-order valence-corrected chi connectivity index (χ4v) is 5.52. The Bertz CT molecular complexity index is 1760. The first-order valence-corrected chi connectivity index (χ1v) is 12.3. The molecule has 6 rings (SSSR count). The molecule has 2 aliphatic heterocycles. The predicted octanol–water partition coefficient (Wildman–Crippen LogP) is 5.63. The van der Waals surface area contributed by atoms with Gasteiger partial charge in [-0.3, -0.25) is 4.55 Å². The highest BCUT2D eigenvalue weighted by atomic mass is 32.3. The smallest absolute Gasteiger partial charge is 0.304 e. The second kappa shape index (κ2) is 7.38. The van der Waals surface area contributed by atoms with Crippen LogP contribution in [0.1, 0.15) is 22.8 Å². The summed E-state index contributed by atoms with van der Waals surface area (Å²) >= 11 is 1.02. The number of nitrogens with zero attached hydrogens (tertiary/aromatic N) is 2. The number of hydrogen-bond donors (Lipinski definition) is 3. The Kier molecular flexibility index (Phi) is 4.44. The summed E-state index contributed by atoms with van der Waals surface area (Å²) in [5.74, 6) is 0. The van der Waals surface area contributed by atoms with Crippen molar-refractivity contribution in [3.63, 3.8) is 0 Å². The summed E-state index contributed by atoms with van der Waals surface area (Å²) in [5, 5.41) is 0. The average molecular weight is 473 g/mol. The Labute approximate surface area is 192 Å². The zero-order chi connectivity index (χ0) is 22.6. The van der Waals surface area contributed by atoms with Crippen LogP contribution in [0.15, 0.2) is 58.8 Å². The van der Waals surface area contributed by atoms with Crippen molar-refractivity contribution in [3.8, 4) is 10.4 Å². The van der Waals surface area contributed by atoms with Gasteiger partial charge in [0.05, 0.1) is 22.8 Å². The third-order valence-electron chi connectivity index (χ3n) is 5.27. The van der Waals surface area contributed by atoms with Crippen molar-refractivity contribution in [3.05, 3.63) is 77.4 Å². The van der Waals surface area contributed by atoms with E-state index in [-0.39, 0.29) is 4.21 Å². The van der Waals surface area contributed by atoms with Crippen molar-refractivity contribution in [2.45, 2.75) is 4.21 Å². The topological polar surface area (TPSA) is 112 Å². The second-order valence-electron chi connectivity index (χ2n) is 7.68. The summed E-state index contributed by atoms with van der Waals surface area (Å²) in [5.41, 5.74) is 7.52. The predicted molar refractivity (Wildman–Crippen MR) is 132 cm³/mol. The molecule has 8 bridgehead atoms. The van der Waals surface area contributed by atoms with Crippen LogP contribution < -0.4 is 0 Å². The monoisotopic (exact) mass is 472 g/mol. The third kappa shape index (κ3) is 3.93. The number of nitrogens with one attached hydrogen (secondary N) is 2. The van der Waals surface area contributed by atoms with E-state index in [0.29, 0.717) is 0 Å². The summed E-state index contributed by atoms with van der Waals surface area (Å²) in [6, 6.07) is 16.8. The molecule has 6 heterocycles. The molecule has 0 saturated carbocycles. The van der Waals surface area contributed by atoms with Crippen molar-refractivity contribution >= 4 is 67.8 Å². The van der Waals surface area contributed by atoms with E-state index in [9.17, 15) is 13.0 Å². The van der Waals surface area contributed by atoms with Gasteiger partial charge in [-0.1, -0.05) is 0 Å². The van der Waals surface area contributed by atoms with Crippen LogP contribution in [0.2, 0.25) is 0 Å². The fourth-order valence-electron chi connectivity index (χ4n) is 3.83. The van der Waals surface area contributed by atoms with E-state index in [2.05, 4.69) is 19.9 Å². The molecule has 0 radical (unpaired) electrons. The number of rotatable bonds is 2. The van der Waals surface area contributed by atoms with Gasteiger partial charge in [0, 0.05) is 32.5 Å². The highest BCUT2D eigenvalue weighted by molar-refractivity contribution is 7.88. The number of aromatic nitrogens is 4. The Balaban J connectivity index is 1.64. The molecule has 0 atom stereocenters. The lowest BCUT2D eigenvalue weighted by Gasteiger charge is -1.93. The van der Waals surface area contributed by atoms with Crippen LogP contribution in [0, 0.1) is 0 Å². The maximum absolute atomic E-state index is 11.6.